The van der Waals surface area contributed by atoms with Crippen LogP contribution >= 0.6 is 24.8 Å². The molecule has 2 atom stereocenters. The minimum Gasteiger partial charge on any atom is -0.391 e. The molecule has 1 aliphatic rings. The maximum Gasteiger partial charge on any atom is 0.0918 e. The summed E-state index contributed by atoms with van der Waals surface area (Å²) < 4.78 is 0. The third-order valence-corrected chi connectivity index (χ3v) is 3.37. The number of nitrogens with one attached hydrogen (secondary N) is 1. The minimum absolute atomic E-state index is 0. The first-order chi connectivity index (χ1) is 8.34. The van der Waals surface area contributed by atoms with Gasteiger partial charge in [0.05, 0.1) is 17.1 Å². The second-order valence-electron chi connectivity index (χ2n) is 4.53. The average molecular weight is 302 g/mol. The lowest BCUT2D eigenvalue weighted by Crippen LogP contribution is -2.20. The molecule has 4 nitrogen and oxygen atoms in total. The molecule has 0 aliphatic carbocycles. The van der Waals surface area contributed by atoms with Crippen molar-refractivity contribution >= 4 is 35.8 Å². The summed E-state index contributed by atoms with van der Waals surface area (Å²) in [5.74, 6) is 0.280. The van der Waals surface area contributed by atoms with Gasteiger partial charge in [-0.1, -0.05) is 0 Å². The van der Waals surface area contributed by atoms with Gasteiger partial charge in [-0.25, -0.2) is 0 Å². The van der Waals surface area contributed by atoms with Crippen LogP contribution in [-0.4, -0.2) is 34.3 Å². The molecule has 104 valence electrons. The molecule has 6 heteroatoms. The number of aliphatic hydroxyl groups excluding tert-OH is 1. The SMILES string of the molecule is Cl.Cl.O[C@@H]1CNC[C@H]1Cc1ccnc2cccnc12. The number of nitrogens with zero attached hydrogens (tertiary/aromatic N) is 2. The van der Waals surface area contributed by atoms with E-state index in [-0.39, 0.29) is 36.8 Å². The highest BCUT2D eigenvalue weighted by atomic mass is 35.5. The van der Waals surface area contributed by atoms with Crippen LogP contribution in [0.3, 0.4) is 0 Å². The summed E-state index contributed by atoms with van der Waals surface area (Å²) in [4.78, 5) is 8.68. The van der Waals surface area contributed by atoms with Crippen LogP contribution in [0, 0.1) is 5.92 Å². The van der Waals surface area contributed by atoms with Gasteiger partial charge in [-0.3, -0.25) is 9.97 Å². The molecule has 3 rings (SSSR count). The molecular formula is C13H17Cl2N3O. The van der Waals surface area contributed by atoms with Crippen molar-refractivity contribution in [2.45, 2.75) is 12.5 Å². The molecule has 1 aliphatic heterocycles. The molecule has 2 aromatic rings. The predicted octanol–water partition coefficient (Wildman–Crippen LogP) is 1.60. The number of β-amino-alcohol motifs (C(OH)–C–C–N with tert-alkyl or cyclic N) is 1. The van der Waals surface area contributed by atoms with Crippen molar-refractivity contribution < 1.29 is 5.11 Å². The van der Waals surface area contributed by atoms with E-state index >= 15 is 0 Å². The van der Waals surface area contributed by atoms with Crippen molar-refractivity contribution in [2.24, 2.45) is 5.92 Å². The highest BCUT2D eigenvalue weighted by molar-refractivity contribution is 5.85. The van der Waals surface area contributed by atoms with Crippen LogP contribution < -0.4 is 5.32 Å². The zero-order valence-corrected chi connectivity index (χ0v) is 12.0. The van der Waals surface area contributed by atoms with Crippen molar-refractivity contribution in [3.05, 3.63) is 36.2 Å². The van der Waals surface area contributed by atoms with Gasteiger partial charge >= 0.3 is 0 Å². The topological polar surface area (TPSA) is 58.0 Å². The van der Waals surface area contributed by atoms with Crippen molar-refractivity contribution in [1.29, 1.82) is 0 Å². The van der Waals surface area contributed by atoms with Gasteiger partial charge < -0.3 is 10.4 Å². The van der Waals surface area contributed by atoms with E-state index < -0.39 is 0 Å². The van der Waals surface area contributed by atoms with E-state index in [1.165, 1.54) is 5.56 Å². The van der Waals surface area contributed by atoms with Crippen molar-refractivity contribution in [3.63, 3.8) is 0 Å². The molecule has 0 saturated carbocycles. The second-order valence-corrected chi connectivity index (χ2v) is 4.53. The maximum absolute atomic E-state index is 9.82. The molecule has 19 heavy (non-hydrogen) atoms. The minimum atomic E-state index is -0.248. The summed E-state index contributed by atoms with van der Waals surface area (Å²) >= 11 is 0. The van der Waals surface area contributed by atoms with E-state index in [9.17, 15) is 5.11 Å². The van der Waals surface area contributed by atoms with Crippen molar-refractivity contribution in [1.82, 2.24) is 15.3 Å². The number of aromatic nitrogens is 2. The summed E-state index contributed by atoms with van der Waals surface area (Å²) in [6.45, 7) is 1.57. The summed E-state index contributed by atoms with van der Waals surface area (Å²) in [6, 6.07) is 5.86. The summed E-state index contributed by atoms with van der Waals surface area (Å²) in [7, 11) is 0. The highest BCUT2D eigenvalue weighted by Gasteiger charge is 2.25. The molecule has 1 fully saturated rings. The third kappa shape index (κ3) is 3.34. The fourth-order valence-corrected chi connectivity index (χ4v) is 2.41. The smallest absolute Gasteiger partial charge is 0.0918 e. The average Bonchev–Trinajstić information content (AvgIpc) is 2.76. The zero-order chi connectivity index (χ0) is 11.7. The second kappa shape index (κ2) is 7.01. The predicted molar refractivity (Wildman–Crippen MR) is 80.1 cm³/mol. The maximum atomic E-state index is 9.82. The van der Waals surface area contributed by atoms with Crippen LogP contribution in [0.4, 0.5) is 0 Å². The van der Waals surface area contributed by atoms with Crippen molar-refractivity contribution in [2.75, 3.05) is 13.1 Å². The first-order valence-electron chi connectivity index (χ1n) is 5.92. The monoisotopic (exact) mass is 301 g/mol. The fraction of sp³-hybridized carbons (Fsp3) is 0.385. The summed E-state index contributed by atoms with van der Waals surface area (Å²) in [5.41, 5.74) is 3.04. The van der Waals surface area contributed by atoms with E-state index in [4.69, 9.17) is 0 Å². The number of hydrogen-bond acceptors (Lipinski definition) is 4. The quantitative estimate of drug-likeness (QED) is 0.884. The Morgan fingerprint density at radius 1 is 1.16 bits per heavy atom. The van der Waals surface area contributed by atoms with E-state index in [1.807, 2.05) is 24.4 Å². The molecule has 0 bridgehead atoms. The molecule has 0 spiro atoms. The van der Waals surface area contributed by atoms with E-state index in [0.29, 0.717) is 6.54 Å². The van der Waals surface area contributed by atoms with Crippen molar-refractivity contribution in [3.8, 4) is 0 Å². The van der Waals surface area contributed by atoms with Crippen LogP contribution in [0.1, 0.15) is 5.56 Å². The van der Waals surface area contributed by atoms with Crippen LogP contribution in [0.25, 0.3) is 11.0 Å². The standard InChI is InChI=1S/C13H15N3O.2ClH/c17-12-8-14-7-10(12)6-9-3-5-15-11-2-1-4-16-13(9)11;;/h1-5,10,12,14,17H,6-8H2;2*1H/t10-,12-;;/m1../s1. The van der Waals surface area contributed by atoms with Gasteiger partial charge in [0.1, 0.15) is 0 Å². The highest BCUT2D eigenvalue weighted by Crippen LogP contribution is 2.20. The molecule has 0 amide bonds. The van der Waals surface area contributed by atoms with Crippen LogP contribution in [-0.2, 0) is 6.42 Å². The van der Waals surface area contributed by atoms with Gasteiger partial charge in [0.25, 0.3) is 0 Å². The van der Waals surface area contributed by atoms with Gasteiger partial charge in [-0.05, 0) is 30.2 Å². The Hall–Kier alpha value is -0.940. The Morgan fingerprint density at radius 3 is 2.74 bits per heavy atom. The Morgan fingerprint density at radius 2 is 2.00 bits per heavy atom. The zero-order valence-electron chi connectivity index (χ0n) is 10.3. The molecule has 2 aromatic heterocycles. The molecule has 2 N–H and O–H groups in total. The van der Waals surface area contributed by atoms with Crippen LogP contribution in [0.5, 0.6) is 0 Å². The normalized spacial score (nSPS) is 21.7. The molecule has 3 heterocycles. The number of hydrogen-bond donors (Lipinski definition) is 2. The number of pyridine rings is 2. The Balaban J connectivity index is 0.000000902. The number of halogens is 2. The first-order valence-corrected chi connectivity index (χ1v) is 5.92. The Bertz CT molecular complexity index is 533. The number of fused-ring (bicyclic) bond motifs is 1. The molecule has 0 aromatic carbocycles. The number of aliphatic hydroxyl groups is 1. The first kappa shape index (κ1) is 16.1. The van der Waals surface area contributed by atoms with Gasteiger partial charge in [-0.15, -0.1) is 24.8 Å². The molecule has 1 saturated heterocycles. The van der Waals surface area contributed by atoms with Crippen LogP contribution in [0.15, 0.2) is 30.6 Å². The van der Waals surface area contributed by atoms with Gasteiger partial charge in [0, 0.05) is 31.4 Å². The summed E-state index contributed by atoms with van der Waals surface area (Å²) in [6.07, 6.45) is 4.21. The molecular weight excluding hydrogens is 285 g/mol. The number of rotatable bonds is 2. The lowest BCUT2D eigenvalue weighted by molar-refractivity contribution is 0.148. The fourth-order valence-electron chi connectivity index (χ4n) is 2.41. The molecule has 0 unspecified atom stereocenters. The summed E-state index contributed by atoms with van der Waals surface area (Å²) in [5, 5.41) is 13.0. The molecule has 0 radical (unpaired) electrons. The van der Waals surface area contributed by atoms with Gasteiger partial charge in [0.15, 0.2) is 0 Å². The Kier molecular flexibility index (Phi) is 5.94. The largest absolute Gasteiger partial charge is 0.391 e. The van der Waals surface area contributed by atoms with Crippen LogP contribution in [0.2, 0.25) is 0 Å². The van der Waals surface area contributed by atoms with Gasteiger partial charge in [-0.2, -0.15) is 0 Å². The van der Waals surface area contributed by atoms with Gasteiger partial charge in [0.2, 0.25) is 0 Å². The van der Waals surface area contributed by atoms with E-state index in [1.54, 1.807) is 6.20 Å². The lowest BCUT2D eigenvalue weighted by Gasteiger charge is -2.13. The van der Waals surface area contributed by atoms with E-state index in [2.05, 4.69) is 15.3 Å². The van der Waals surface area contributed by atoms with E-state index in [0.717, 1.165) is 24.0 Å². The Labute approximate surface area is 124 Å². The lowest BCUT2D eigenvalue weighted by atomic mass is 9.96. The third-order valence-electron chi connectivity index (χ3n) is 3.37.